The van der Waals surface area contributed by atoms with Gasteiger partial charge in [-0.2, -0.15) is 10.5 Å². The predicted molar refractivity (Wildman–Crippen MR) is 111 cm³/mol. The minimum absolute atomic E-state index is 0.444. The molecule has 3 rings (SSSR count). The van der Waals surface area contributed by atoms with E-state index in [4.69, 9.17) is 20.0 Å². The molecule has 1 aliphatic heterocycles. The summed E-state index contributed by atoms with van der Waals surface area (Å²) in [5.74, 6) is 1.49. The van der Waals surface area contributed by atoms with Gasteiger partial charge in [-0.25, -0.2) is 0 Å². The molecule has 2 aromatic carbocycles. The first-order valence-corrected chi connectivity index (χ1v) is 9.90. The Hall–Kier alpha value is -3.06. The molecule has 6 heteroatoms. The minimum atomic E-state index is 0.444. The summed E-state index contributed by atoms with van der Waals surface area (Å²) in [5, 5.41) is 17.9. The third-order valence-electron chi connectivity index (χ3n) is 5.10. The fourth-order valence-corrected chi connectivity index (χ4v) is 3.49. The second-order valence-corrected chi connectivity index (χ2v) is 7.16. The van der Waals surface area contributed by atoms with E-state index in [9.17, 15) is 0 Å². The SMILES string of the molecule is CC1CN(CCOc2cccc(C#N)c2)CCN1CCOc1cccc(C#N)c1. The summed E-state index contributed by atoms with van der Waals surface area (Å²) in [6.45, 7) is 8.17. The van der Waals surface area contributed by atoms with E-state index in [1.165, 1.54) is 0 Å². The third-order valence-corrected chi connectivity index (χ3v) is 5.10. The molecule has 1 atom stereocenters. The maximum absolute atomic E-state index is 8.96. The highest BCUT2D eigenvalue weighted by Crippen LogP contribution is 2.15. The number of hydrogen-bond donors (Lipinski definition) is 0. The Balaban J connectivity index is 1.36. The number of rotatable bonds is 8. The van der Waals surface area contributed by atoms with Gasteiger partial charge in [0.1, 0.15) is 24.7 Å². The van der Waals surface area contributed by atoms with Crippen molar-refractivity contribution in [1.29, 1.82) is 10.5 Å². The summed E-state index contributed by atoms with van der Waals surface area (Å²) in [6.07, 6.45) is 0. The van der Waals surface area contributed by atoms with Crippen LogP contribution in [0.3, 0.4) is 0 Å². The topological polar surface area (TPSA) is 72.5 Å². The van der Waals surface area contributed by atoms with Crippen molar-refractivity contribution in [3.8, 4) is 23.6 Å². The van der Waals surface area contributed by atoms with E-state index in [-0.39, 0.29) is 0 Å². The Morgan fingerprint density at radius 3 is 2.03 bits per heavy atom. The lowest BCUT2D eigenvalue weighted by Gasteiger charge is -2.39. The van der Waals surface area contributed by atoms with Crippen LogP contribution in [-0.2, 0) is 0 Å². The van der Waals surface area contributed by atoms with Gasteiger partial charge in [0.05, 0.1) is 23.3 Å². The molecule has 1 saturated heterocycles. The van der Waals surface area contributed by atoms with Crippen molar-refractivity contribution in [2.45, 2.75) is 13.0 Å². The van der Waals surface area contributed by atoms with Gasteiger partial charge in [-0.15, -0.1) is 0 Å². The van der Waals surface area contributed by atoms with Crippen molar-refractivity contribution in [3.05, 3.63) is 59.7 Å². The average molecular weight is 390 g/mol. The molecule has 1 fully saturated rings. The van der Waals surface area contributed by atoms with Gasteiger partial charge >= 0.3 is 0 Å². The number of hydrogen-bond acceptors (Lipinski definition) is 6. The molecule has 150 valence electrons. The van der Waals surface area contributed by atoms with E-state index in [0.29, 0.717) is 30.4 Å². The normalized spacial score (nSPS) is 17.3. The summed E-state index contributed by atoms with van der Waals surface area (Å²) >= 11 is 0. The maximum atomic E-state index is 8.96. The monoisotopic (exact) mass is 390 g/mol. The molecule has 0 radical (unpaired) electrons. The van der Waals surface area contributed by atoms with E-state index in [2.05, 4.69) is 28.9 Å². The van der Waals surface area contributed by atoms with Crippen LogP contribution in [0.5, 0.6) is 11.5 Å². The maximum Gasteiger partial charge on any atom is 0.120 e. The number of nitriles is 2. The smallest absolute Gasteiger partial charge is 0.120 e. The first kappa shape index (κ1) is 20.7. The van der Waals surface area contributed by atoms with Gasteiger partial charge in [0.25, 0.3) is 0 Å². The first-order valence-electron chi connectivity index (χ1n) is 9.90. The van der Waals surface area contributed by atoms with Crippen LogP contribution in [0.1, 0.15) is 18.1 Å². The zero-order valence-electron chi connectivity index (χ0n) is 16.8. The number of benzene rings is 2. The molecule has 29 heavy (non-hydrogen) atoms. The lowest BCUT2D eigenvalue weighted by atomic mass is 10.2. The van der Waals surface area contributed by atoms with Crippen LogP contribution in [-0.4, -0.2) is 61.8 Å². The standard InChI is InChI=1S/C23H26N4O2/c1-19-18-26(10-12-28-22-6-2-4-20(14-22)16-24)8-9-27(19)11-13-29-23-7-3-5-21(15-23)17-25/h2-7,14-15,19H,8-13,18H2,1H3. The average Bonchev–Trinajstić information content (AvgIpc) is 2.75. The van der Waals surface area contributed by atoms with Gasteiger partial charge in [0.2, 0.25) is 0 Å². The van der Waals surface area contributed by atoms with Crippen LogP contribution >= 0.6 is 0 Å². The van der Waals surface area contributed by atoms with E-state index in [0.717, 1.165) is 44.2 Å². The number of piperazine rings is 1. The van der Waals surface area contributed by atoms with Crippen LogP contribution in [0.4, 0.5) is 0 Å². The Kier molecular flexibility index (Phi) is 7.47. The summed E-state index contributed by atoms with van der Waals surface area (Å²) < 4.78 is 11.6. The van der Waals surface area contributed by atoms with Gasteiger partial charge in [-0.3, -0.25) is 9.80 Å². The molecule has 0 spiro atoms. The summed E-state index contributed by atoms with van der Waals surface area (Å²) in [5.41, 5.74) is 1.23. The quantitative estimate of drug-likeness (QED) is 0.690. The summed E-state index contributed by atoms with van der Waals surface area (Å²) in [7, 11) is 0. The lowest BCUT2D eigenvalue weighted by molar-refractivity contribution is 0.0641. The second kappa shape index (κ2) is 10.5. The van der Waals surface area contributed by atoms with Crippen molar-refractivity contribution in [2.24, 2.45) is 0 Å². The minimum Gasteiger partial charge on any atom is -0.492 e. The van der Waals surface area contributed by atoms with Crippen molar-refractivity contribution in [1.82, 2.24) is 9.80 Å². The molecule has 0 aromatic heterocycles. The molecule has 0 saturated carbocycles. The van der Waals surface area contributed by atoms with Gasteiger partial charge < -0.3 is 9.47 Å². The molecule has 6 nitrogen and oxygen atoms in total. The molecule has 2 aromatic rings. The summed E-state index contributed by atoms with van der Waals surface area (Å²) in [4.78, 5) is 4.84. The highest BCUT2D eigenvalue weighted by molar-refractivity contribution is 5.36. The van der Waals surface area contributed by atoms with Crippen molar-refractivity contribution < 1.29 is 9.47 Å². The van der Waals surface area contributed by atoms with Crippen molar-refractivity contribution in [2.75, 3.05) is 45.9 Å². The molecule has 0 N–H and O–H groups in total. The molecule has 0 amide bonds. The largest absolute Gasteiger partial charge is 0.492 e. The van der Waals surface area contributed by atoms with Gasteiger partial charge in [-0.1, -0.05) is 12.1 Å². The van der Waals surface area contributed by atoms with E-state index in [1.807, 2.05) is 24.3 Å². The highest BCUT2D eigenvalue weighted by Gasteiger charge is 2.23. The van der Waals surface area contributed by atoms with Gasteiger partial charge in [0, 0.05) is 38.8 Å². The van der Waals surface area contributed by atoms with E-state index in [1.54, 1.807) is 24.3 Å². The van der Waals surface area contributed by atoms with E-state index >= 15 is 0 Å². The molecular weight excluding hydrogens is 364 g/mol. The first-order chi connectivity index (χ1) is 14.2. The van der Waals surface area contributed by atoms with Crippen LogP contribution in [0.15, 0.2) is 48.5 Å². The molecule has 1 unspecified atom stereocenters. The summed E-state index contributed by atoms with van der Waals surface area (Å²) in [6, 6.07) is 19.2. The number of ether oxygens (including phenoxy) is 2. The Morgan fingerprint density at radius 1 is 0.897 bits per heavy atom. The zero-order valence-corrected chi connectivity index (χ0v) is 16.8. The molecule has 1 aliphatic rings. The highest BCUT2D eigenvalue weighted by atomic mass is 16.5. The van der Waals surface area contributed by atoms with Crippen LogP contribution < -0.4 is 9.47 Å². The molecular formula is C23H26N4O2. The van der Waals surface area contributed by atoms with Gasteiger partial charge in [-0.05, 0) is 43.3 Å². The Bertz CT molecular complexity index is 887. The van der Waals surface area contributed by atoms with E-state index < -0.39 is 0 Å². The number of nitrogens with zero attached hydrogens (tertiary/aromatic N) is 4. The third kappa shape index (κ3) is 6.22. The van der Waals surface area contributed by atoms with Crippen molar-refractivity contribution >= 4 is 0 Å². The molecule has 0 aliphatic carbocycles. The second-order valence-electron chi connectivity index (χ2n) is 7.16. The van der Waals surface area contributed by atoms with Crippen molar-refractivity contribution in [3.63, 3.8) is 0 Å². The Morgan fingerprint density at radius 2 is 1.48 bits per heavy atom. The van der Waals surface area contributed by atoms with Crippen LogP contribution in [0.2, 0.25) is 0 Å². The molecule has 0 bridgehead atoms. The zero-order chi connectivity index (χ0) is 20.5. The van der Waals surface area contributed by atoms with Crippen LogP contribution in [0, 0.1) is 22.7 Å². The van der Waals surface area contributed by atoms with Crippen LogP contribution in [0.25, 0.3) is 0 Å². The molecule has 1 heterocycles. The predicted octanol–water partition coefficient (Wildman–Crippen LogP) is 2.89. The fourth-order valence-electron chi connectivity index (χ4n) is 3.49. The van der Waals surface area contributed by atoms with Gasteiger partial charge in [0.15, 0.2) is 0 Å². The lowest BCUT2D eigenvalue weighted by Crippen LogP contribution is -2.53. The fraction of sp³-hybridized carbons (Fsp3) is 0.391. The Labute approximate surface area is 172 Å².